The molecule has 0 atom stereocenters. The third-order valence-corrected chi connectivity index (χ3v) is 1.80. The van der Waals surface area contributed by atoms with Crippen molar-refractivity contribution in [3.05, 3.63) is 0 Å². The second kappa shape index (κ2) is 9.90. The van der Waals surface area contributed by atoms with E-state index in [1.54, 1.807) is 11.9 Å². The van der Waals surface area contributed by atoms with E-state index >= 15 is 0 Å². The van der Waals surface area contributed by atoms with Crippen LogP contribution in [0, 0.1) is 0 Å². The fraction of sp³-hybridized carbons (Fsp3) is 1.00. The van der Waals surface area contributed by atoms with Crippen molar-refractivity contribution in [1.82, 2.24) is 4.90 Å². The zero-order valence-electron chi connectivity index (χ0n) is 9.27. The summed E-state index contributed by atoms with van der Waals surface area (Å²) in [6.07, 6.45) is -0.604. The summed E-state index contributed by atoms with van der Waals surface area (Å²) in [7, 11) is -1.52. The summed E-state index contributed by atoms with van der Waals surface area (Å²) in [4.78, 5) is 1.75. The van der Waals surface area contributed by atoms with E-state index in [2.05, 4.69) is 4.18 Å². The van der Waals surface area contributed by atoms with E-state index in [-0.39, 0.29) is 13.2 Å². The van der Waals surface area contributed by atoms with E-state index in [0.29, 0.717) is 13.0 Å². The number of hydrogen-bond donors (Lipinski definition) is 4. The van der Waals surface area contributed by atoms with Crippen LogP contribution in [-0.2, 0) is 14.6 Å². The lowest BCUT2D eigenvalue weighted by Crippen LogP contribution is -2.29. The smallest absolute Gasteiger partial charge is 0.396 e. The van der Waals surface area contributed by atoms with Gasteiger partial charge in [0, 0.05) is 19.7 Å². The van der Waals surface area contributed by atoms with Crippen LogP contribution >= 0.6 is 0 Å². The number of likely N-dealkylation sites (N-methyl/N-ethyl adjacent to an activating group) is 1. The van der Waals surface area contributed by atoms with Gasteiger partial charge in [-0.25, -0.2) is 0 Å². The van der Waals surface area contributed by atoms with E-state index in [1.807, 2.05) is 0 Å². The first-order valence-electron chi connectivity index (χ1n) is 4.41. The summed E-state index contributed by atoms with van der Waals surface area (Å²) in [5, 5.41) is 25.3. The van der Waals surface area contributed by atoms with Crippen molar-refractivity contribution in [2.75, 3.05) is 33.9 Å². The summed E-state index contributed by atoms with van der Waals surface area (Å²) < 4.78 is 29.7. The summed E-state index contributed by atoms with van der Waals surface area (Å²) >= 11 is 0. The lowest BCUT2D eigenvalue weighted by molar-refractivity contribution is -0.0576. The molecule has 0 aromatic heterocycles. The Bertz CT molecular complexity index is 241. The Morgan fingerprint density at radius 2 is 1.81 bits per heavy atom. The molecule has 0 fully saturated rings. The van der Waals surface area contributed by atoms with Gasteiger partial charge in [-0.05, 0) is 13.5 Å². The quantitative estimate of drug-likeness (QED) is 0.321. The summed E-state index contributed by atoms with van der Waals surface area (Å²) in [6, 6.07) is 0. The van der Waals surface area contributed by atoms with Gasteiger partial charge in [-0.15, -0.1) is 0 Å². The van der Waals surface area contributed by atoms with Crippen LogP contribution in [0.2, 0.25) is 0 Å². The van der Waals surface area contributed by atoms with Gasteiger partial charge in [0.2, 0.25) is 0 Å². The molecule has 0 spiro atoms. The maximum absolute atomic E-state index is 9.33. The lowest BCUT2D eigenvalue weighted by atomic mass is 10.4. The number of hydrogen-bond acceptors (Lipinski definition) is 7. The highest BCUT2D eigenvalue weighted by Gasteiger charge is 2.01. The van der Waals surface area contributed by atoms with Gasteiger partial charge in [-0.1, -0.05) is 0 Å². The van der Waals surface area contributed by atoms with Gasteiger partial charge in [0.15, 0.2) is 6.29 Å². The predicted octanol–water partition coefficient (Wildman–Crippen LogP) is -1.95. The molecule has 0 bridgehead atoms. The molecule has 0 amide bonds. The Morgan fingerprint density at radius 1 is 1.38 bits per heavy atom. The van der Waals surface area contributed by atoms with Gasteiger partial charge in [-0.3, -0.25) is 8.74 Å². The van der Waals surface area contributed by atoms with Crippen LogP contribution in [0.4, 0.5) is 0 Å². The second-order valence-electron chi connectivity index (χ2n) is 2.91. The highest BCUT2D eigenvalue weighted by molar-refractivity contribution is 7.80. The van der Waals surface area contributed by atoms with Gasteiger partial charge in [0.1, 0.15) is 0 Å². The SMILES string of the molecule is CN(CCCO)CC(O)O.COS(=O)(=O)O. The Morgan fingerprint density at radius 3 is 2.06 bits per heavy atom. The van der Waals surface area contributed by atoms with Crippen LogP contribution in [-0.4, -0.2) is 73.3 Å². The van der Waals surface area contributed by atoms with E-state index in [9.17, 15) is 8.42 Å². The first kappa shape index (κ1) is 18.1. The van der Waals surface area contributed by atoms with Crippen molar-refractivity contribution in [2.45, 2.75) is 12.7 Å². The van der Waals surface area contributed by atoms with Gasteiger partial charge < -0.3 is 20.2 Å². The topological polar surface area (TPSA) is 128 Å². The van der Waals surface area contributed by atoms with Crippen molar-refractivity contribution in [3.8, 4) is 0 Å². The van der Waals surface area contributed by atoms with Crippen molar-refractivity contribution in [1.29, 1.82) is 0 Å². The highest BCUT2D eigenvalue weighted by Crippen LogP contribution is 1.87. The van der Waals surface area contributed by atoms with Gasteiger partial charge in [-0.2, -0.15) is 8.42 Å². The Hall–Kier alpha value is -0.290. The standard InChI is InChI=1S/C6H15NO3.CH4O4S/c1-7(3-2-4-8)5-6(9)10;1-5-6(2,3)4/h6,8-10H,2-5H2,1H3;1H3,(H,2,3,4). The number of aliphatic hydroxyl groups excluding tert-OH is 2. The molecule has 0 radical (unpaired) electrons. The minimum Gasteiger partial charge on any atom is -0.396 e. The van der Waals surface area contributed by atoms with Crippen LogP contribution in [0.1, 0.15) is 6.42 Å². The maximum Gasteiger partial charge on any atom is 0.397 e. The molecule has 0 heterocycles. The van der Waals surface area contributed by atoms with Crippen LogP contribution in [0.3, 0.4) is 0 Å². The van der Waals surface area contributed by atoms with E-state index in [4.69, 9.17) is 19.9 Å². The van der Waals surface area contributed by atoms with Gasteiger partial charge in [0.05, 0.1) is 7.11 Å². The van der Waals surface area contributed by atoms with Crippen molar-refractivity contribution in [2.24, 2.45) is 0 Å². The van der Waals surface area contributed by atoms with Crippen LogP contribution in [0.25, 0.3) is 0 Å². The molecule has 8 nitrogen and oxygen atoms in total. The van der Waals surface area contributed by atoms with Crippen LogP contribution in [0.15, 0.2) is 0 Å². The molecule has 100 valence electrons. The predicted molar refractivity (Wildman–Crippen MR) is 56.0 cm³/mol. The van der Waals surface area contributed by atoms with Crippen LogP contribution in [0.5, 0.6) is 0 Å². The third kappa shape index (κ3) is 19.3. The normalized spacial score (nSPS) is 11.5. The molecule has 9 heteroatoms. The average molecular weight is 261 g/mol. The first-order valence-corrected chi connectivity index (χ1v) is 5.78. The fourth-order valence-electron chi connectivity index (χ4n) is 0.711. The molecule has 0 saturated carbocycles. The number of aliphatic hydroxyl groups is 3. The zero-order valence-corrected chi connectivity index (χ0v) is 10.1. The average Bonchev–Trinajstić information content (AvgIpc) is 2.13. The van der Waals surface area contributed by atoms with Crippen LogP contribution < -0.4 is 0 Å². The molecular weight excluding hydrogens is 242 g/mol. The van der Waals surface area contributed by atoms with E-state index < -0.39 is 16.7 Å². The molecule has 0 rings (SSSR count). The maximum atomic E-state index is 9.33. The molecule has 4 N–H and O–H groups in total. The molecular formula is C7H19NO7S. The minimum atomic E-state index is -4.16. The monoisotopic (exact) mass is 261 g/mol. The fourth-order valence-corrected chi connectivity index (χ4v) is 0.711. The van der Waals surface area contributed by atoms with Gasteiger partial charge in [0.25, 0.3) is 0 Å². The van der Waals surface area contributed by atoms with E-state index in [1.165, 1.54) is 0 Å². The Balaban J connectivity index is 0. The highest BCUT2D eigenvalue weighted by atomic mass is 32.3. The van der Waals surface area contributed by atoms with Crippen molar-refractivity contribution >= 4 is 10.4 Å². The first-order chi connectivity index (χ1) is 7.22. The largest absolute Gasteiger partial charge is 0.397 e. The lowest BCUT2D eigenvalue weighted by Gasteiger charge is -2.16. The second-order valence-corrected chi connectivity index (χ2v) is 4.10. The molecule has 0 unspecified atom stereocenters. The number of rotatable bonds is 6. The number of nitrogens with zero attached hydrogens (tertiary/aromatic N) is 1. The zero-order chi connectivity index (χ0) is 13.2. The molecule has 0 saturated heterocycles. The Labute approximate surface area is 95.0 Å². The molecule has 0 aliphatic rings. The van der Waals surface area contributed by atoms with Crippen molar-refractivity contribution in [3.63, 3.8) is 0 Å². The van der Waals surface area contributed by atoms with Gasteiger partial charge >= 0.3 is 10.4 Å². The molecule has 0 aromatic carbocycles. The molecule has 0 aliphatic heterocycles. The summed E-state index contributed by atoms with van der Waals surface area (Å²) in [5.41, 5.74) is 0. The van der Waals surface area contributed by atoms with E-state index in [0.717, 1.165) is 7.11 Å². The molecule has 0 aliphatic carbocycles. The molecule has 0 aromatic rings. The third-order valence-electron chi connectivity index (χ3n) is 1.38. The summed E-state index contributed by atoms with van der Waals surface area (Å²) in [6.45, 7) is 1.07. The van der Waals surface area contributed by atoms with Crippen molar-refractivity contribution < 1.29 is 32.5 Å². The Kier molecular flexibility index (Phi) is 11.2. The molecule has 16 heavy (non-hydrogen) atoms. The minimum absolute atomic E-state index is 0.145. The summed E-state index contributed by atoms with van der Waals surface area (Å²) in [5.74, 6) is 0.